The predicted molar refractivity (Wildman–Crippen MR) is 108 cm³/mol. The van der Waals surface area contributed by atoms with Crippen molar-refractivity contribution in [1.29, 1.82) is 0 Å². The number of hydrogen-bond acceptors (Lipinski definition) is 4. The molecular weight excluding hydrogens is 397 g/mol. The van der Waals surface area contributed by atoms with Crippen molar-refractivity contribution in [1.82, 2.24) is 9.97 Å². The van der Waals surface area contributed by atoms with Gasteiger partial charge in [-0.3, -0.25) is 0 Å². The monoisotopic (exact) mass is 418 g/mol. The van der Waals surface area contributed by atoms with Crippen LogP contribution in [-0.2, 0) is 18.3 Å². The van der Waals surface area contributed by atoms with Crippen molar-refractivity contribution in [3.05, 3.63) is 76.5 Å². The first-order valence-corrected chi connectivity index (χ1v) is 10.2. The number of aryl methyl sites for hydroxylation is 2. The molecule has 0 fully saturated rings. The van der Waals surface area contributed by atoms with E-state index in [0.29, 0.717) is 16.8 Å². The van der Waals surface area contributed by atoms with Gasteiger partial charge in [0.2, 0.25) is 5.88 Å². The van der Waals surface area contributed by atoms with E-state index in [4.69, 9.17) is 4.74 Å². The lowest BCUT2D eigenvalue weighted by Gasteiger charge is -2.12. The molecule has 0 saturated carbocycles. The number of aromatic nitrogens is 2. The highest BCUT2D eigenvalue weighted by Gasteiger charge is 2.29. The quantitative estimate of drug-likeness (QED) is 0.327. The lowest BCUT2D eigenvalue weighted by molar-refractivity contribution is -0.137. The molecule has 3 rings (SSSR count). The Labute approximate surface area is 172 Å². The fourth-order valence-corrected chi connectivity index (χ4v) is 3.46. The van der Waals surface area contributed by atoms with Crippen LogP contribution in [0.2, 0.25) is 0 Å². The maximum absolute atomic E-state index is 12.7. The molecule has 0 unspecified atom stereocenters. The molecule has 3 nitrogen and oxygen atoms in total. The summed E-state index contributed by atoms with van der Waals surface area (Å²) in [5.41, 5.74) is 3.13. The van der Waals surface area contributed by atoms with Gasteiger partial charge in [0.25, 0.3) is 0 Å². The minimum atomic E-state index is -4.33. The van der Waals surface area contributed by atoms with E-state index >= 15 is 0 Å². The first-order valence-electron chi connectivity index (χ1n) is 9.17. The van der Waals surface area contributed by atoms with E-state index < -0.39 is 11.7 Å². The average Bonchev–Trinajstić information content (AvgIpc) is 2.69. The Kier molecular flexibility index (Phi) is 6.47. The van der Waals surface area contributed by atoms with Crippen molar-refractivity contribution in [2.45, 2.75) is 44.3 Å². The van der Waals surface area contributed by atoms with Gasteiger partial charge in [0.05, 0.1) is 5.56 Å². The Morgan fingerprint density at radius 1 is 1.00 bits per heavy atom. The number of ether oxygens (including phenoxy) is 1. The number of thioether (sulfide) groups is 1. The molecule has 0 saturated heterocycles. The summed E-state index contributed by atoms with van der Waals surface area (Å²) in [5, 5.41) is 0.532. The molecule has 2 aromatic carbocycles. The summed E-state index contributed by atoms with van der Waals surface area (Å²) in [6.07, 6.45) is -3.61. The van der Waals surface area contributed by atoms with Gasteiger partial charge in [0.1, 0.15) is 5.75 Å². The van der Waals surface area contributed by atoms with E-state index in [0.717, 1.165) is 46.7 Å². The topological polar surface area (TPSA) is 35.0 Å². The number of halogens is 3. The van der Waals surface area contributed by atoms with E-state index in [-0.39, 0.29) is 0 Å². The molecule has 29 heavy (non-hydrogen) atoms. The molecule has 0 aliphatic heterocycles. The second kappa shape index (κ2) is 8.86. The van der Waals surface area contributed by atoms with Gasteiger partial charge in [-0.15, -0.1) is 0 Å². The van der Waals surface area contributed by atoms with Gasteiger partial charge in [0, 0.05) is 17.5 Å². The van der Waals surface area contributed by atoms with Crippen molar-refractivity contribution in [3.8, 4) is 11.6 Å². The maximum atomic E-state index is 12.7. The summed E-state index contributed by atoms with van der Waals surface area (Å²) >= 11 is 1.37. The molecule has 0 spiro atoms. The summed E-state index contributed by atoms with van der Waals surface area (Å²) in [7, 11) is 0. The van der Waals surface area contributed by atoms with Crippen molar-refractivity contribution in [3.63, 3.8) is 0 Å². The van der Waals surface area contributed by atoms with Crippen LogP contribution in [0.3, 0.4) is 0 Å². The summed E-state index contributed by atoms with van der Waals surface area (Å²) in [6, 6.07) is 12.8. The summed E-state index contributed by atoms with van der Waals surface area (Å²) in [5.74, 6) is 1.67. The Balaban J connectivity index is 1.76. The number of hydrogen-bond donors (Lipinski definition) is 0. The van der Waals surface area contributed by atoms with Crippen LogP contribution in [0, 0.1) is 13.8 Å². The summed E-state index contributed by atoms with van der Waals surface area (Å²) < 4.78 is 44.1. The van der Waals surface area contributed by atoms with Gasteiger partial charge in [-0.25, -0.2) is 4.98 Å². The standard InChI is InChI=1S/C22H21F3N2OS/c1-4-18-12-20(28-19-7-5-6-14(2)15(19)3)27-21(26-18)29-13-16-8-10-17(11-9-16)22(23,24)25/h5-12H,4,13H2,1-3H3. The molecule has 0 aliphatic rings. The molecule has 3 aromatic rings. The highest BCUT2D eigenvalue weighted by atomic mass is 32.2. The van der Waals surface area contributed by atoms with E-state index in [1.54, 1.807) is 0 Å². The molecule has 1 aromatic heterocycles. The molecule has 0 aliphatic carbocycles. The molecule has 0 bridgehead atoms. The molecular formula is C22H21F3N2OS. The lowest BCUT2D eigenvalue weighted by atomic mass is 10.1. The zero-order valence-electron chi connectivity index (χ0n) is 16.4. The number of rotatable bonds is 6. The molecule has 0 N–H and O–H groups in total. The van der Waals surface area contributed by atoms with Crippen molar-refractivity contribution >= 4 is 11.8 Å². The van der Waals surface area contributed by atoms with E-state index in [2.05, 4.69) is 9.97 Å². The molecule has 0 atom stereocenters. The maximum Gasteiger partial charge on any atom is 0.416 e. The first-order chi connectivity index (χ1) is 13.8. The van der Waals surface area contributed by atoms with Crippen LogP contribution in [0.5, 0.6) is 11.6 Å². The number of nitrogens with zero attached hydrogens (tertiary/aromatic N) is 2. The van der Waals surface area contributed by atoms with Crippen molar-refractivity contribution < 1.29 is 17.9 Å². The molecule has 0 radical (unpaired) electrons. The Bertz CT molecular complexity index is 988. The first kappa shape index (κ1) is 21.2. The van der Waals surface area contributed by atoms with Crippen LogP contribution in [-0.4, -0.2) is 9.97 Å². The highest BCUT2D eigenvalue weighted by Crippen LogP contribution is 2.31. The normalized spacial score (nSPS) is 11.5. The minimum Gasteiger partial charge on any atom is -0.439 e. The largest absolute Gasteiger partial charge is 0.439 e. The third kappa shape index (κ3) is 5.50. The minimum absolute atomic E-state index is 0.459. The zero-order valence-corrected chi connectivity index (χ0v) is 17.2. The Morgan fingerprint density at radius 3 is 2.38 bits per heavy atom. The molecule has 0 amide bonds. The SMILES string of the molecule is CCc1cc(Oc2cccc(C)c2C)nc(SCc2ccc(C(F)(F)F)cc2)n1. The second-order valence-corrected chi connectivity index (χ2v) is 7.56. The predicted octanol–water partition coefficient (Wildman–Crippen LogP) is 6.76. The average molecular weight is 418 g/mol. The third-order valence-electron chi connectivity index (χ3n) is 4.52. The number of alkyl halides is 3. The van der Waals surface area contributed by atoms with Crippen LogP contribution in [0.15, 0.2) is 53.7 Å². The number of benzene rings is 2. The van der Waals surface area contributed by atoms with Crippen molar-refractivity contribution in [2.24, 2.45) is 0 Å². The van der Waals surface area contributed by atoms with E-state index in [9.17, 15) is 13.2 Å². The van der Waals surface area contributed by atoms with E-state index in [1.165, 1.54) is 23.9 Å². The van der Waals surface area contributed by atoms with Crippen LogP contribution < -0.4 is 4.74 Å². The summed E-state index contributed by atoms with van der Waals surface area (Å²) in [4.78, 5) is 8.97. The van der Waals surface area contributed by atoms with Crippen LogP contribution in [0.1, 0.15) is 34.9 Å². The highest BCUT2D eigenvalue weighted by molar-refractivity contribution is 7.98. The van der Waals surface area contributed by atoms with Gasteiger partial charge in [-0.2, -0.15) is 18.2 Å². The molecule has 152 valence electrons. The fourth-order valence-electron chi connectivity index (χ4n) is 2.63. The molecule has 7 heteroatoms. The Morgan fingerprint density at radius 2 is 1.72 bits per heavy atom. The van der Waals surface area contributed by atoms with E-state index in [1.807, 2.05) is 45.0 Å². The smallest absolute Gasteiger partial charge is 0.416 e. The summed E-state index contributed by atoms with van der Waals surface area (Å²) in [6.45, 7) is 6.01. The van der Waals surface area contributed by atoms with Gasteiger partial charge in [-0.05, 0) is 55.2 Å². The van der Waals surface area contributed by atoms with Gasteiger partial charge in [-0.1, -0.05) is 43.0 Å². The van der Waals surface area contributed by atoms with Crippen LogP contribution in [0.25, 0.3) is 0 Å². The van der Waals surface area contributed by atoms with Gasteiger partial charge < -0.3 is 4.74 Å². The fraction of sp³-hybridized carbons (Fsp3) is 0.273. The Hall–Kier alpha value is -2.54. The van der Waals surface area contributed by atoms with Crippen LogP contribution in [0.4, 0.5) is 13.2 Å². The lowest BCUT2D eigenvalue weighted by Crippen LogP contribution is -2.04. The van der Waals surface area contributed by atoms with Crippen molar-refractivity contribution in [2.75, 3.05) is 0 Å². The second-order valence-electron chi connectivity index (χ2n) is 6.62. The molecule has 1 heterocycles. The third-order valence-corrected chi connectivity index (χ3v) is 5.43. The van der Waals surface area contributed by atoms with Gasteiger partial charge in [0.15, 0.2) is 5.16 Å². The van der Waals surface area contributed by atoms with Gasteiger partial charge >= 0.3 is 6.18 Å². The van der Waals surface area contributed by atoms with Crippen LogP contribution >= 0.6 is 11.8 Å². The zero-order chi connectivity index (χ0) is 21.0.